The molecule has 0 amide bonds. The second-order valence-corrected chi connectivity index (χ2v) is 17.2. The molecule has 8 aromatic carbocycles. The minimum absolute atomic E-state index is 0.432. The van der Waals surface area contributed by atoms with E-state index in [4.69, 9.17) is 4.98 Å². The van der Waals surface area contributed by atoms with Crippen molar-refractivity contribution in [1.82, 2.24) is 24.1 Å². The third kappa shape index (κ3) is 6.31. The van der Waals surface area contributed by atoms with Crippen LogP contribution in [0.25, 0.3) is 111 Å². The number of pyridine rings is 1. The predicted octanol–water partition coefficient (Wildman–Crippen LogP) is 15.8. The smallest absolute Gasteiger partial charge is 0.354 e. The van der Waals surface area contributed by atoms with Gasteiger partial charge in [-0.3, -0.25) is 9.13 Å². The van der Waals surface area contributed by atoms with Gasteiger partial charge in [-0.15, -0.1) is 0 Å². The summed E-state index contributed by atoms with van der Waals surface area (Å²) in [6.45, 7) is 6.52. The summed E-state index contributed by atoms with van der Waals surface area (Å²) in [6.07, 6.45) is -2.85. The number of hydrogen-bond donors (Lipinski definition) is 1. The lowest BCUT2D eigenvalue weighted by molar-refractivity contribution is -0.137. The van der Waals surface area contributed by atoms with Gasteiger partial charge < -0.3 is 4.98 Å². The van der Waals surface area contributed by atoms with Gasteiger partial charge in [0, 0.05) is 50.1 Å². The average molecular weight is 864 g/mol. The number of hydrogen-bond acceptors (Lipinski definition) is 2. The van der Waals surface area contributed by atoms with Gasteiger partial charge in [-0.1, -0.05) is 109 Å². The molecule has 4 aromatic heterocycles. The number of aromatic amines is 1. The van der Waals surface area contributed by atoms with Crippen molar-refractivity contribution in [2.75, 3.05) is 0 Å². The molecule has 5 nitrogen and oxygen atoms in total. The molecule has 0 saturated carbocycles. The zero-order valence-electron chi connectivity index (χ0n) is 36.2. The number of imidazole rings is 1. The molecule has 0 radical (unpaired) electrons. The zero-order chi connectivity index (χ0) is 44.8. The van der Waals surface area contributed by atoms with E-state index in [1.54, 1.807) is 18.3 Å². The van der Waals surface area contributed by atoms with Crippen LogP contribution in [0, 0.1) is 20.8 Å². The Balaban J connectivity index is 1.13. The highest BCUT2D eigenvalue weighted by atomic mass is 19.4. The first kappa shape index (κ1) is 39.4. The number of halogens is 3. The number of para-hydroxylation sites is 2. The van der Waals surface area contributed by atoms with E-state index in [1.807, 2.05) is 65.2 Å². The van der Waals surface area contributed by atoms with E-state index < -0.39 is 11.7 Å². The predicted molar refractivity (Wildman–Crippen MR) is 264 cm³/mol. The average Bonchev–Trinajstić information content (AvgIpc) is 4.01. The summed E-state index contributed by atoms with van der Waals surface area (Å²) < 4.78 is 46.5. The molecule has 318 valence electrons. The second kappa shape index (κ2) is 14.9. The Morgan fingerprint density at radius 2 is 1.20 bits per heavy atom. The summed E-state index contributed by atoms with van der Waals surface area (Å²) in [6, 6.07) is 58.2. The topological polar surface area (TPSA) is 51.4 Å². The fourth-order valence-corrected chi connectivity index (χ4v) is 10.2. The maximum Gasteiger partial charge on any atom is 0.416 e. The monoisotopic (exact) mass is 863 g/mol. The number of nitrogens with zero attached hydrogens (tertiary/aromatic N) is 4. The van der Waals surface area contributed by atoms with E-state index in [0.29, 0.717) is 16.7 Å². The van der Waals surface area contributed by atoms with Crippen molar-refractivity contribution in [2.24, 2.45) is 0 Å². The molecule has 8 heteroatoms. The third-order valence-corrected chi connectivity index (χ3v) is 13.0. The zero-order valence-corrected chi connectivity index (χ0v) is 36.2. The normalized spacial score (nSPS) is 12.1. The SMILES string of the molecule is Cc1cc(C)c(-c2ccc3[nH]c4c(-c5nc6c(-c7ccc8c9ccc(C(F)(F)F)cc9n(-c9ccccn9)c8c7)cccc6n5-c5ccccc5)cc(-c5ccccc5)cc4c3c2)c(C)c1. The molecule has 0 spiro atoms. The Morgan fingerprint density at radius 3 is 1.94 bits per heavy atom. The fourth-order valence-electron chi connectivity index (χ4n) is 10.2. The van der Waals surface area contributed by atoms with E-state index in [9.17, 15) is 13.2 Å². The maximum atomic E-state index is 14.1. The van der Waals surface area contributed by atoms with Crippen LogP contribution in [0.5, 0.6) is 0 Å². The summed E-state index contributed by atoms with van der Waals surface area (Å²) >= 11 is 0. The molecular formula is C58H40F3N5. The lowest BCUT2D eigenvalue weighted by Crippen LogP contribution is -2.05. The first-order valence-electron chi connectivity index (χ1n) is 22.0. The van der Waals surface area contributed by atoms with Gasteiger partial charge >= 0.3 is 6.18 Å². The van der Waals surface area contributed by atoms with Crippen molar-refractivity contribution in [3.8, 4) is 56.3 Å². The summed E-state index contributed by atoms with van der Waals surface area (Å²) in [5.74, 6) is 1.30. The van der Waals surface area contributed by atoms with Gasteiger partial charge in [0.05, 0.1) is 33.1 Å². The van der Waals surface area contributed by atoms with Gasteiger partial charge in [0.15, 0.2) is 0 Å². The Labute approximate surface area is 378 Å². The number of H-pyrrole nitrogens is 1. The molecule has 4 heterocycles. The quantitative estimate of drug-likeness (QED) is 0.181. The molecule has 1 N–H and O–H groups in total. The van der Waals surface area contributed by atoms with Crippen molar-refractivity contribution >= 4 is 54.6 Å². The van der Waals surface area contributed by atoms with Gasteiger partial charge in [-0.25, -0.2) is 9.97 Å². The van der Waals surface area contributed by atoms with Crippen LogP contribution in [0.4, 0.5) is 13.2 Å². The molecule has 0 atom stereocenters. The molecule has 12 aromatic rings. The lowest BCUT2D eigenvalue weighted by Gasteiger charge is -2.13. The number of aromatic nitrogens is 5. The van der Waals surface area contributed by atoms with Gasteiger partial charge in [-0.2, -0.15) is 13.2 Å². The van der Waals surface area contributed by atoms with E-state index in [-0.39, 0.29) is 0 Å². The fraction of sp³-hybridized carbons (Fsp3) is 0.0690. The number of rotatable bonds is 6. The van der Waals surface area contributed by atoms with Gasteiger partial charge in [0.25, 0.3) is 0 Å². The molecule has 0 fully saturated rings. The van der Waals surface area contributed by atoms with Gasteiger partial charge in [0.2, 0.25) is 0 Å². The molecule has 0 aliphatic rings. The highest BCUT2D eigenvalue weighted by Gasteiger charge is 2.31. The minimum atomic E-state index is -4.50. The molecule has 0 aliphatic carbocycles. The highest BCUT2D eigenvalue weighted by molar-refractivity contribution is 6.15. The molecular weight excluding hydrogens is 824 g/mol. The number of fused-ring (bicyclic) bond motifs is 7. The number of alkyl halides is 3. The lowest BCUT2D eigenvalue weighted by atomic mass is 9.92. The minimum Gasteiger partial charge on any atom is -0.354 e. The summed E-state index contributed by atoms with van der Waals surface area (Å²) in [5, 5.41) is 3.76. The Kier molecular flexibility index (Phi) is 8.90. The largest absolute Gasteiger partial charge is 0.416 e. The molecule has 66 heavy (non-hydrogen) atoms. The van der Waals surface area contributed by atoms with Gasteiger partial charge in [0.1, 0.15) is 11.6 Å². The molecule has 0 aliphatic heterocycles. The molecule has 0 bridgehead atoms. The Bertz CT molecular complexity index is 3860. The number of aryl methyl sites for hydroxylation is 3. The highest BCUT2D eigenvalue weighted by Crippen LogP contribution is 2.44. The van der Waals surface area contributed by atoms with Gasteiger partial charge in [-0.05, 0) is 133 Å². The third-order valence-electron chi connectivity index (χ3n) is 13.0. The van der Waals surface area contributed by atoms with Crippen molar-refractivity contribution in [3.05, 3.63) is 204 Å². The van der Waals surface area contributed by atoms with Crippen LogP contribution in [-0.2, 0) is 6.18 Å². The molecule has 12 rings (SSSR count). The van der Waals surface area contributed by atoms with Crippen molar-refractivity contribution < 1.29 is 13.2 Å². The summed E-state index contributed by atoms with van der Waals surface area (Å²) in [4.78, 5) is 14.1. The first-order valence-corrected chi connectivity index (χ1v) is 22.0. The van der Waals surface area contributed by atoms with Crippen LogP contribution < -0.4 is 0 Å². The van der Waals surface area contributed by atoms with Crippen molar-refractivity contribution in [1.29, 1.82) is 0 Å². The number of nitrogens with one attached hydrogen (secondary N) is 1. The molecule has 0 unspecified atom stereocenters. The van der Waals surface area contributed by atoms with Crippen LogP contribution in [0.2, 0.25) is 0 Å². The van der Waals surface area contributed by atoms with Crippen LogP contribution in [-0.4, -0.2) is 24.1 Å². The van der Waals surface area contributed by atoms with Crippen LogP contribution in [0.3, 0.4) is 0 Å². The Morgan fingerprint density at radius 1 is 0.500 bits per heavy atom. The summed E-state index contributed by atoms with van der Waals surface area (Å²) in [5.41, 5.74) is 16.2. The summed E-state index contributed by atoms with van der Waals surface area (Å²) in [7, 11) is 0. The Hall–Kier alpha value is -8.23. The standard InChI is InChI=1S/C58H40F3N5/c1-34-27-35(2)54(36(3)28-34)39-21-25-49-46(29-39)47-30-40(37-13-6-4-7-14-37)31-48(55(47)63-49)57-64-56-43(17-12-18-50(56)65(57)42-15-8-5-9-16-42)38-20-23-44-45-24-22-41(58(59,60)61)33-52(45)66(51(44)32-38)53-19-10-11-26-62-53/h4-33,63H,1-3H3. The van der Waals surface area contributed by atoms with Crippen LogP contribution in [0.1, 0.15) is 22.3 Å². The maximum absolute atomic E-state index is 14.1. The number of benzene rings is 8. The first-order chi connectivity index (χ1) is 32.1. The van der Waals surface area contributed by atoms with Crippen molar-refractivity contribution in [3.63, 3.8) is 0 Å². The van der Waals surface area contributed by atoms with E-state index in [1.165, 1.54) is 33.9 Å². The van der Waals surface area contributed by atoms with Crippen LogP contribution >= 0.6 is 0 Å². The van der Waals surface area contributed by atoms with E-state index >= 15 is 0 Å². The van der Waals surface area contributed by atoms with Crippen LogP contribution in [0.15, 0.2) is 182 Å². The molecule has 0 saturated heterocycles. The van der Waals surface area contributed by atoms with E-state index in [0.717, 1.165) is 89.1 Å². The van der Waals surface area contributed by atoms with E-state index in [2.05, 4.69) is 126 Å². The second-order valence-electron chi connectivity index (χ2n) is 17.2. The van der Waals surface area contributed by atoms with Crippen molar-refractivity contribution in [2.45, 2.75) is 26.9 Å².